The van der Waals surface area contributed by atoms with Crippen molar-refractivity contribution in [3.63, 3.8) is 0 Å². The van der Waals surface area contributed by atoms with E-state index < -0.39 is 0 Å². The summed E-state index contributed by atoms with van der Waals surface area (Å²) in [6.07, 6.45) is 0. The van der Waals surface area contributed by atoms with Gasteiger partial charge in [-0.1, -0.05) is 39.1 Å². The van der Waals surface area contributed by atoms with Crippen LogP contribution in [-0.4, -0.2) is 32.1 Å². The maximum absolute atomic E-state index is 12.3. The molecule has 0 saturated heterocycles. The van der Waals surface area contributed by atoms with Gasteiger partial charge < -0.3 is 15.4 Å². The lowest BCUT2D eigenvalue weighted by molar-refractivity contribution is 0.0937. The molecule has 5 nitrogen and oxygen atoms in total. The van der Waals surface area contributed by atoms with Crippen LogP contribution in [-0.2, 0) is 4.74 Å². The minimum absolute atomic E-state index is 0.230. The van der Waals surface area contributed by atoms with E-state index in [2.05, 4.69) is 26.6 Å². The van der Waals surface area contributed by atoms with Crippen molar-refractivity contribution in [2.24, 2.45) is 0 Å². The molecule has 0 fully saturated rings. The zero-order chi connectivity index (χ0) is 18.4. The number of rotatable bonds is 6. The Balaban J connectivity index is 2.11. The predicted octanol–water partition coefficient (Wildman–Crippen LogP) is 4.38. The SMILES string of the molecule is COCCNC(=O)c1ccc(NC(=O)c2cc(Br)ccc2Cl)cc1Cl. The molecular weight excluding hydrogens is 431 g/mol. The normalized spacial score (nSPS) is 10.4. The van der Waals surface area contributed by atoms with Crippen LogP contribution in [0.4, 0.5) is 5.69 Å². The molecule has 25 heavy (non-hydrogen) atoms. The first-order valence-corrected chi connectivity index (χ1v) is 8.80. The van der Waals surface area contributed by atoms with Gasteiger partial charge >= 0.3 is 0 Å². The third-order valence-electron chi connectivity index (χ3n) is 3.24. The molecule has 0 aliphatic rings. The second-order valence-electron chi connectivity index (χ2n) is 5.02. The Kier molecular flexibility index (Phi) is 7.25. The van der Waals surface area contributed by atoms with E-state index in [0.29, 0.717) is 35.0 Å². The summed E-state index contributed by atoms with van der Waals surface area (Å²) in [6.45, 7) is 0.788. The molecule has 2 aromatic carbocycles. The summed E-state index contributed by atoms with van der Waals surface area (Å²) < 4.78 is 5.61. The molecule has 2 rings (SSSR count). The number of anilines is 1. The minimum atomic E-state index is -0.375. The Bertz CT molecular complexity index is 799. The summed E-state index contributed by atoms with van der Waals surface area (Å²) in [6, 6.07) is 9.64. The van der Waals surface area contributed by atoms with Gasteiger partial charge in [0.15, 0.2) is 0 Å². The fourth-order valence-electron chi connectivity index (χ4n) is 2.01. The van der Waals surface area contributed by atoms with Crippen LogP contribution in [0, 0.1) is 0 Å². The molecule has 0 aromatic heterocycles. The average Bonchev–Trinajstić information content (AvgIpc) is 2.57. The van der Waals surface area contributed by atoms with Crippen LogP contribution in [0.3, 0.4) is 0 Å². The summed E-state index contributed by atoms with van der Waals surface area (Å²) >= 11 is 15.5. The van der Waals surface area contributed by atoms with Crippen LogP contribution in [0.15, 0.2) is 40.9 Å². The van der Waals surface area contributed by atoms with Crippen LogP contribution >= 0.6 is 39.1 Å². The van der Waals surface area contributed by atoms with Crippen LogP contribution < -0.4 is 10.6 Å². The van der Waals surface area contributed by atoms with E-state index in [-0.39, 0.29) is 16.8 Å². The van der Waals surface area contributed by atoms with Crippen LogP contribution in [0.5, 0.6) is 0 Å². The summed E-state index contributed by atoms with van der Waals surface area (Å²) in [5.41, 5.74) is 1.10. The zero-order valence-electron chi connectivity index (χ0n) is 13.2. The van der Waals surface area contributed by atoms with E-state index in [9.17, 15) is 9.59 Å². The first-order valence-electron chi connectivity index (χ1n) is 7.25. The lowest BCUT2D eigenvalue weighted by Gasteiger charge is -2.10. The van der Waals surface area contributed by atoms with Gasteiger partial charge in [-0.15, -0.1) is 0 Å². The Morgan fingerprint density at radius 3 is 2.48 bits per heavy atom. The van der Waals surface area contributed by atoms with Crippen molar-refractivity contribution in [1.29, 1.82) is 0 Å². The number of benzene rings is 2. The van der Waals surface area contributed by atoms with Crippen molar-refractivity contribution in [3.8, 4) is 0 Å². The number of ether oxygens (including phenoxy) is 1. The Hall–Kier alpha value is -1.60. The van der Waals surface area contributed by atoms with Crippen molar-refractivity contribution in [1.82, 2.24) is 5.32 Å². The van der Waals surface area contributed by atoms with Gasteiger partial charge in [-0.05, 0) is 36.4 Å². The lowest BCUT2D eigenvalue weighted by atomic mass is 10.1. The first-order chi connectivity index (χ1) is 11.9. The second-order valence-corrected chi connectivity index (χ2v) is 6.75. The first kappa shape index (κ1) is 19.7. The molecule has 2 aromatic rings. The monoisotopic (exact) mass is 444 g/mol. The molecule has 0 aliphatic heterocycles. The number of halogens is 3. The Morgan fingerprint density at radius 2 is 1.80 bits per heavy atom. The van der Waals surface area contributed by atoms with E-state index in [4.69, 9.17) is 27.9 Å². The standard InChI is InChI=1S/C17H15BrCl2N2O3/c1-25-7-6-21-16(23)12-4-3-11(9-15(12)20)22-17(24)13-8-10(18)2-5-14(13)19/h2-5,8-9H,6-7H2,1H3,(H,21,23)(H,22,24). The molecule has 0 spiro atoms. The highest BCUT2D eigenvalue weighted by Gasteiger charge is 2.14. The van der Waals surface area contributed by atoms with Crippen molar-refractivity contribution in [2.45, 2.75) is 0 Å². The highest BCUT2D eigenvalue weighted by molar-refractivity contribution is 9.10. The summed E-state index contributed by atoms with van der Waals surface area (Å²) in [4.78, 5) is 24.4. The second kappa shape index (κ2) is 9.20. The van der Waals surface area contributed by atoms with Gasteiger partial charge in [0.05, 0.1) is 27.8 Å². The van der Waals surface area contributed by atoms with Gasteiger partial charge in [0.2, 0.25) is 0 Å². The van der Waals surface area contributed by atoms with Crippen molar-refractivity contribution in [2.75, 3.05) is 25.6 Å². The van der Waals surface area contributed by atoms with E-state index in [1.54, 1.807) is 37.4 Å². The Labute approximate surface area is 163 Å². The number of methoxy groups -OCH3 is 1. The molecule has 0 heterocycles. The molecule has 0 radical (unpaired) electrons. The molecule has 132 valence electrons. The predicted molar refractivity (Wildman–Crippen MR) is 103 cm³/mol. The third kappa shape index (κ3) is 5.44. The number of carbonyl (C=O) groups is 2. The van der Waals surface area contributed by atoms with E-state index in [0.717, 1.165) is 4.47 Å². The van der Waals surface area contributed by atoms with E-state index in [1.807, 2.05) is 0 Å². The highest BCUT2D eigenvalue weighted by atomic mass is 79.9. The fourth-order valence-corrected chi connectivity index (χ4v) is 2.84. The van der Waals surface area contributed by atoms with Gasteiger partial charge in [0, 0.05) is 23.8 Å². The number of amides is 2. The van der Waals surface area contributed by atoms with Gasteiger partial charge in [-0.25, -0.2) is 0 Å². The number of carbonyl (C=O) groups excluding carboxylic acids is 2. The van der Waals surface area contributed by atoms with Crippen LogP contribution in [0.2, 0.25) is 10.0 Å². The van der Waals surface area contributed by atoms with Crippen LogP contribution in [0.25, 0.3) is 0 Å². The quantitative estimate of drug-likeness (QED) is 0.648. The molecule has 0 saturated carbocycles. The topological polar surface area (TPSA) is 67.4 Å². The van der Waals surface area contributed by atoms with Crippen molar-refractivity contribution < 1.29 is 14.3 Å². The number of hydrogen-bond donors (Lipinski definition) is 2. The van der Waals surface area contributed by atoms with Gasteiger partial charge in [0.1, 0.15) is 0 Å². The largest absolute Gasteiger partial charge is 0.383 e. The average molecular weight is 446 g/mol. The zero-order valence-corrected chi connectivity index (χ0v) is 16.3. The smallest absolute Gasteiger partial charge is 0.257 e. The molecule has 0 unspecified atom stereocenters. The maximum Gasteiger partial charge on any atom is 0.257 e. The Morgan fingerprint density at radius 1 is 1.04 bits per heavy atom. The summed E-state index contributed by atoms with van der Waals surface area (Å²) in [5.74, 6) is -0.686. The lowest BCUT2D eigenvalue weighted by Crippen LogP contribution is -2.27. The summed E-state index contributed by atoms with van der Waals surface area (Å²) in [5, 5.41) is 5.95. The molecule has 0 aliphatic carbocycles. The van der Waals surface area contributed by atoms with Crippen molar-refractivity contribution >= 4 is 56.6 Å². The molecule has 2 amide bonds. The van der Waals surface area contributed by atoms with Gasteiger partial charge in [-0.2, -0.15) is 0 Å². The molecule has 8 heteroatoms. The van der Waals surface area contributed by atoms with Gasteiger partial charge in [-0.3, -0.25) is 9.59 Å². The van der Waals surface area contributed by atoms with Crippen molar-refractivity contribution in [3.05, 3.63) is 62.0 Å². The molecule has 2 N–H and O–H groups in total. The van der Waals surface area contributed by atoms with E-state index in [1.165, 1.54) is 6.07 Å². The molecular formula is C17H15BrCl2N2O3. The maximum atomic E-state index is 12.3. The fraction of sp³-hybridized carbons (Fsp3) is 0.176. The molecule has 0 bridgehead atoms. The number of hydrogen-bond acceptors (Lipinski definition) is 3. The summed E-state index contributed by atoms with van der Waals surface area (Å²) in [7, 11) is 1.55. The number of nitrogens with one attached hydrogen (secondary N) is 2. The highest BCUT2D eigenvalue weighted by Crippen LogP contribution is 2.24. The van der Waals surface area contributed by atoms with Crippen LogP contribution in [0.1, 0.15) is 20.7 Å². The van der Waals surface area contributed by atoms with Gasteiger partial charge in [0.25, 0.3) is 11.8 Å². The third-order valence-corrected chi connectivity index (χ3v) is 4.37. The molecule has 0 atom stereocenters. The van der Waals surface area contributed by atoms with E-state index >= 15 is 0 Å². The minimum Gasteiger partial charge on any atom is -0.383 e.